The number of phenolic OH excluding ortho intramolecular Hbond substituents is 1. The minimum atomic E-state index is -0.935. The molecule has 1 aromatic rings. The second-order valence-electron chi connectivity index (χ2n) is 7.17. The first-order valence-corrected chi connectivity index (χ1v) is 7.52. The molecule has 0 bridgehead atoms. The topological polar surface area (TPSA) is 57.5 Å². The molecule has 0 saturated carbocycles. The molecule has 1 aromatic carbocycles. The van der Waals surface area contributed by atoms with Crippen molar-refractivity contribution in [3.8, 4) is 5.75 Å². The van der Waals surface area contributed by atoms with E-state index >= 15 is 0 Å². The van der Waals surface area contributed by atoms with Crippen molar-refractivity contribution in [3.05, 3.63) is 28.8 Å². The Morgan fingerprint density at radius 2 is 1.40 bits per heavy atom. The summed E-state index contributed by atoms with van der Waals surface area (Å²) in [7, 11) is 0. The van der Waals surface area contributed by atoms with Crippen molar-refractivity contribution in [2.75, 3.05) is 0 Å². The third kappa shape index (κ3) is 3.54. The Balaban J connectivity index is 3.63. The Bertz CT molecular complexity index is 486. The summed E-state index contributed by atoms with van der Waals surface area (Å²) in [4.78, 5) is 10.4. The van der Waals surface area contributed by atoms with Gasteiger partial charge < -0.3 is 10.2 Å². The van der Waals surface area contributed by atoms with Gasteiger partial charge in [-0.1, -0.05) is 57.5 Å². The Morgan fingerprint density at radius 3 is 1.65 bits per heavy atom. The van der Waals surface area contributed by atoms with Crippen LogP contribution < -0.4 is 0 Å². The van der Waals surface area contributed by atoms with E-state index < -0.39 is 10.8 Å². The maximum Gasteiger partial charge on any atom is 0.321 e. The molecule has 0 aliphatic carbocycles. The molecule has 0 aliphatic rings. The van der Waals surface area contributed by atoms with Crippen LogP contribution in [-0.2, 0) is 15.6 Å². The van der Waals surface area contributed by atoms with Gasteiger partial charge in [0.25, 0.3) is 0 Å². The van der Waals surface area contributed by atoms with Gasteiger partial charge >= 0.3 is 5.97 Å². The van der Waals surface area contributed by atoms with E-state index in [9.17, 15) is 15.0 Å². The summed E-state index contributed by atoms with van der Waals surface area (Å²) < 4.78 is 0. The van der Waals surface area contributed by atoms with Crippen LogP contribution >= 0.6 is 15.9 Å². The number of aromatic hydroxyl groups is 1. The molecule has 1 rings (SSSR count). The quantitative estimate of drug-likeness (QED) is 0.777. The Kier molecular flexibility index (Phi) is 4.59. The molecule has 0 heterocycles. The molecule has 112 valence electrons. The highest BCUT2D eigenvalue weighted by Gasteiger charge is 2.29. The Labute approximate surface area is 129 Å². The lowest BCUT2D eigenvalue weighted by Gasteiger charge is -2.28. The fraction of sp³-hybridized carbons (Fsp3) is 0.562. The smallest absolute Gasteiger partial charge is 0.321 e. The van der Waals surface area contributed by atoms with Crippen molar-refractivity contribution in [1.82, 2.24) is 0 Å². The summed E-state index contributed by atoms with van der Waals surface area (Å²) in [6, 6.07) is 3.55. The summed E-state index contributed by atoms with van der Waals surface area (Å²) in [5, 5.41) is 19.7. The molecule has 20 heavy (non-hydrogen) atoms. The molecule has 2 N–H and O–H groups in total. The van der Waals surface area contributed by atoms with Crippen molar-refractivity contribution >= 4 is 21.9 Å². The fourth-order valence-electron chi connectivity index (χ4n) is 2.09. The highest BCUT2D eigenvalue weighted by atomic mass is 79.9. The van der Waals surface area contributed by atoms with E-state index in [4.69, 9.17) is 0 Å². The lowest BCUT2D eigenvalue weighted by Crippen LogP contribution is -2.19. The van der Waals surface area contributed by atoms with Gasteiger partial charge in [-0.15, -0.1) is 0 Å². The highest BCUT2D eigenvalue weighted by molar-refractivity contribution is 9.09. The molecular weight excluding hydrogens is 320 g/mol. The molecule has 0 amide bonds. The van der Waals surface area contributed by atoms with Crippen molar-refractivity contribution in [3.63, 3.8) is 0 Å². The molecule has 0 aromatic heterocycles. The van der Waals surface area contributed by atoms with Gasteiger partial charge in [0.05, 0.1) is 0 Å². The van der Waals surface area contributed by atoms with Crippen LogP contribution in [0.5, 0.6) is 5.75 Å². The van der Waals surface area contributed by atoms with E-state index in [-0.39, 0.29) is 16.6 Å². The van der Waals surface area contributed by atoms with Crippen LogP contribution in [0.3, 0.4) is 0 Å². The molecule has 3 nitrogen and oxygen atoms in total. The third-order valence-corrected chi connectivity index (χ3v) is 4.18. The van der Waals surface area contributed by atoms with E-state index in [1.54, 1.807) is 12.1 Å². The zero-order valence-corrected chi connectivity index (χ0v) is 14.5. The molecular formula is C16H23BrO3. The third-order valence-electron chi connectivity index (χ3n) is 3.26. The summed E-state index contributed by atoms with van der Waals surface area (Å²) in [5.74, 6) is -0.672. The van der Waals surface area contributed by atoms with Crippen molar-refractivity contribution < 1.29 is 15.0 Å². The lowest BCUT2D eigenvalue weighted by atomic mass is 9.78. The first-order valence-electron chi connectivity index (χ1n) is 6.60. The number of phenols is 1. The fourth-order valence-corrected chi connectivity index (χ4v) is 2.35. The molecule has 0 saturated heterocycles. The molecule has 0 spiro atoms. The van der Waals surface area contributed by atoms with Gasteiger partial charge in [-0.05, 0) is 39.7 Å². The maximum absolute atomic E-state index is 11.2. The number of carboxylic acids is 1. The van der Waals surface area contributed by atoms with Gasteiger partial charge in [-0.2, -0.15) is 0 Å². The molecule has 0 aliphatic heterocycles. The van der Waals surface area contributed by atoms with Crippen LogP contribution in [0.1, 0.15) is 63.1 Å². The van der Waals surface area contributed by atoms with Crippen LogP contribution in [0, 0.1) is 0 Å². The largest absolute Gasteiger partial charge is 0.507 e. The average molecular weight is 343 g/mol. The monoisotopic (exact) mass is 342 g/mol. The molecule has 4 heteroatoms. The van der Waals surface area contributed by atoms with Crippen LogP contribution in [0.15, 0.2) is 12.1 Å². The summed E-state index contributed by atoms with van der Waals surface area (Å²) in [6.07, 6.45) is 0. The number of hydrogen-bond donors (Lipinski definition) is 2. The number of hydrogen-bond acceptors (Lipinski definition) is 2. The number of aliphatic carboxylic acids is 1. The van der Waals surface area contributed by atoms with Gasteiger partial charge in [0.2, 0.25) is 0 Å². The van der Waals surface area contributed by atoms with Crippen molar-refractivity contribution in [2.45, 2.75) is 57.2 Å². The summed E-state index contributed by atoms with van der Waals surface area (Å²) in [6.45, 7) is 12.0. The number of alkyl halides is 1. The van der Waals surface area contributed by atoms with Gasteiger partial charge in [0, 0.05) is 0 Å². The Morgan fingerprint density at radius 1 is 1.05 bits per heavy atom. The minimum Gasteiger partial charge on any atom is -0.507 e. The van der Waals surface area contributed by atoms with Crippen LogP contribution in [0.25, 0.3) is 0 Å². The zero-order valence-electron chi connectivity index (χ0n) is 12.9. The summed E-state index contributed by atoms with van der Waals surface area (Å²) in [5.41, 5.74) is 1.68. The standard InChI is InChI=1S/C16H23BrO3/c1-15(2,3)10-7-9(12(17)14(19)20)8-11(13(10)18)16(4,5)6/h7-8,12,18H,1-6H3,(H,19,20). The van der Waals surface area contributed by atoms with E-state index in [2.05, 4.69) is 15.9 Å². The lowest BCUT2D eigenvalue weighted by molar-refractivity contribution is -0.136. The number of halogens is 1. The molecule has 1 atom stereocenters. The van der Waals surface area contributed by atoms with Crippen LogP contribution in [0.4, 0.5) is 0 Å². The van der Waals surface area contributed by atoms with Gasteiger partial charge in [0.1, 0.15) is 10.6 Å². The Hall–Kier alpha value is -1.03. The molecule has 0 radical (unpaired) electrons. The van der Waals surface area contributed by atoms with E-state index in [1.807, 2.05) is 41.5 Å². The zero-order chi connectivity index (χ0) is 15.9. The SMILES string of the molecule is CC(C)(C)c1cc(C(Br)C(=O)O)cc(C(C)(C)C)c1O. The molecule has 1 unspecified atom stereocenters. The summed E-state index contributed by atoms with van der Waals surface area (Å²) >= 11 is 3.20. The number of benzene rings is 1. The van der Waals surface area contributed by atoms with Gasteiger partial charge in [0.15, 0.2) is 0 Å². The number of rotatable bonds is 2. The van der Waals surface area contributed by atoms with E-state index in [0.717, 1.165) is 11.1 Å². The maximum atomic E-state index is 11.2. The first kappa shape index (κ1) is 17.0. The molecule has 0 fully saturated rings. The second kappa shape index (κ2) is 5.40. The second-order valence-corrected chi connectivity index (χ2v) is 8.08. The van der Waals surface area contributed by atoms with Gasteiger partial charge in [-0.3, -0.25) is 4.79 Å². The van der Waals surface area contributed by atoms with Crippen molar-refractivity contribution in [2.24, 2.45) is 0 Å². The van der Waals surface area contributed by atoms with Gasteiger partial charge in [-0.25, -0.2) is 0 Å². The van der Waals surface area contributed by atoms with Crippen molar-refractivity contribution in [1.29, 1.82) is 0 Å². The highest BCUT2D eigenvalue weighted by Crippen LogP contribution is 2.41. The minimum absolute atomic E-state index is 0.259. The number of carbonyl (C=O) groups is 1. The number of carboxylic acid groups (broad SMARTS) is 1. The normalized spacial score (nSPS) is 14.2. The van der Waals surface area contributed by atoms with E-state index in [1.165, 1.54) is 0 Å². The predicted octanol–water partition coefficient (Wildman–Crippen LogP) is 4.51. The average Bonchev–Trinajstić information content (AvgIpc) is 2.24. The van der Waals surface area contributed by atoms with Crippen LogP contribution in [0.2, 0.25) is 0 Å². The van der Waals surface area contributed by atoms with Crippen LogP contribution in [-0.4, -0.2) is 16.2 Å². The predicted molar refractivity (Wildman–Crippen MR) is 84.8 cm³/mol. The van der Waals surface area contributed by atoms with E-state index in [0.29, 0.717) is 5.56 Å². The first-order chi connectivity index (χ1) is 8.85.